The zero-order chi connectivity index (χ0) is 12.7. The first kappa shape index (κ1) is 11.8. The molecule has 1 saturated carbocycles. The van der Waals surface area contributed by atoms with Crippen molar-refractivity contribution in [2.75, 3.05) is 6.54 Å². The predicted molar refractivity (Wildman–Crippen MR) is 74.5 cm³/mol. The van der Waals surface area contributed by atoms with Gasteiger partial charge in [-0.05, 0) is 32.2 Å². The first-order chi connectivity index (χ1) is 9.42. The molecule has 0 radical (unpaired) electrons. The van der Waals surface area contributed by atoms with Crippen LogP contribution < -0.4 is 5.32 Å². The largest absolute Gasteiger partial charge is 0.308 e. The predicted octanol–water partition coefficient (Wildman–Crippen LogP) is 2.66. The molecule has 1 atom stereocenters. The standard InChI is InChI=1S/C13H19N5S/c1-2-6-9(5-1)11-15-16-13-18(11)17-12(19-13)10-7-3-4-8-14-10/h9-10,14H,1-8H2. The molecular formula is C13H19N5S. The molecule has 0 bridgehead atoms. The molecule has 102 valence electrons. The molecular weight excluding hydrogens is 258 g/mol. The van der Waals surface area contributed by atoms with Crippen LogP contribution in [0.2, 0.25) is 0 Å². The number of rotatable bonds is 2. The van der Waals surface area contributed by atoms with Crippen LogP contribution in [0.4, 0.5) is 0 Å². The van der Waals surface area contributed by atoms with Gasteiger partial charge in [-0.1, -0.05) is 30.6 Å². The lowest BCUT2D eigenvalue weighted by Gasteiger charge is -2.20. The number of piperidine rings is 1. The Hall–Kier alpha value is -1.01. The van der Waals surface area contributed by atoms with Gasteiger partial charge in [-0.2, -0.15) is 9.61 Å². The number of hydrogen-bond donors (Lipinski definition) is 1. The Morgan fingerprint density at radius 3 is 2.68 bits per heavy atom. The van der Waals surface area contributed by atoms with Gasteiger partial charge in [0.15, 0.2) is 5.82 Å². The average molecular weight is 277 g/mol. The summed E-state index contributed by atoms with van der Waals surface area (Å²) in [6.45, 7) is 1.11. The van der Waals surface area contributed by atoms with E-state index in [2.05, 4.69) is 15.5 Å². The molecule has 0 aromatic carbocycles. The Kier molecular flexibility index (Phi) is 3.00. The SMILES string of the molecule is C1CCC(c2nn3c(C4CCCC4)nnc3s2)NC1. The fourth-order valence-corrected chi connectivity index (χ4v) is 4.24. The smallest absolute Gasteiger partial charge is 0.234 e. The van der Waals surface area contributed by atoms with Gasteiger partial charge in [-0.25, -0.2) is 0 Å². The summed E-state index contributed by atoms with van der Waals surface area (Å²) in [4.78, 5) is 0.962. The van der Waals surface area contributed by atoms with Gasteiger partial charge in [-0.3, -0.25) is 0 Å². The van der Waals surface area contributed by atoms with E-state index in [1.54, 1.807) is 11.3 Å². The third kappa shape index (κ3) is 2.07. The highest BCUT2D eigenvalue weighted by Crippen LogP contribution is 2.34. The monoisotopic (exact) mass is 277 g/mol. The normalized spacial score (nSPS) is 25.4. The summed E-state index contributed by atoms with van der Waals surface area (Å²) in [7, 11) is 0. The minimum Gasteiger partial charge on any atom is -0.308 e. The quantitative estimate of drug-likeness (QED) is 0.917. The summed E-state index contributed by atoms with van der Waals surface area (Å²) in [6.07, 6.45) is 8.91. The van der Waals surface area contributed by atoms with Crippen molar-refractivity contribution in [3.63, 3.8) is 0 Å². The van der Waals surface area contributed by atoms with Crippen LogP contribution in [0, 0.1) is 0 Å². The summed E-state index contributed by atoms with van der Waals surface area (Å²) < 4.78 is 2.01. The van der Waals surface area contributed by atoms with E-state index in [-0.39, 0.29) is 0 Å². The summed E-state index contributed by atoms with van der Waals surface area (Å²) in [5.41, 5.74) is 0. The topological polar surface area (TPSA) is 55.1 Å². The van der Waals surface area contributed by atoms with E-state index in [0.29, 0.717) is 12.0 Å². The van der Waals surface area contributed by atoms with Gasteiger partial charge in [-0.15, -0.1) is 10.2 Å². The molecule has 2 aliphatic rings. The van der Waals surface area contributed by atoms with Gasteiger partial charge >= 0.3 is 0 Å². The second kappa shape index (κ2) is 4.83. The molecule has 2 aromatic rings. The van der Waals surface area contributed by atoms with Crippen molar-refractivity contribution in [2.45, 2.75) is 56.9 Å². The Morgan fingerprint density at radius 2 is 1.89 bits per heavy atom. The van der Waals surface area contributed by atoms with Crippen LogP contribution in [0.5, 0.6) is 0 Å². The Morgan fingerprint density at radius 1 is 1.05 bits per heavy atom. The lowest BCUT2D eigenvalue weighted by atomic mass is 10.1. The maximum absolute atomic E-state index is 4.79. The summed E-state index contributed by atoms with van der Waals surface area (Å²) in [5, 5.41) is 18.2. The highest BCUT2D eigenvalue weighted by Gasteiger charge is 2.26. The van der Waals surface area contributed by atoms with Crippen molar-refractivity contribution in [2.24, 2.45) is 0 Å². The number of nitrogens with zero attached hydrogens (tertiary/aromatic N) is 4. The van der Waals surface area contributed by atoms with Gasteiger partial charge < -0.3 is 5.32 Å². The highest BCUT2D eigenvalue weighted by molar-refractivity contribution is 7.16. The lowest BCUT2D eigenvalue weighted by molar-refractivity contribution is 0.408. The zero-order valence-electron chi connectivity index (χ0n) is 11.0. The Labute approximate surface area is 116 Å². The van der Waals surface area contributed by atoms with E-state index >= 15 is 0 Å². The molecule has 1 unspecified atom stereocenters. The van der Waals surface area contributed by atoms with Crippen LogP contribution >= 0.6 is 11.3 Å². The van der Waals surface area contributed by atoms with Crippen molar-refractivity contribution < 1.29 is 0 Å². The summed E-state index contributed by atoms with van der Waals surface area (Å²) >= 11 is 1.70. The molecule has 0 amide bonds. The van der Waals surface area contributed by atoms with E-state index in [1.807, 2.05) is 4.52 Å². The van der Waals surface area contributed by atoms with Gasteiger partial charge in [0.2, 0.25) is 4.96 Å². The lowest BCUT2D eigenvalue weighted by Crippen LogP contribution is -2.26. The minimum atomic E-state index is 0.428. The van der Waals surface area contributed by atoms with Crippen LogP contribution in [-0.4, -0.2) is 26.4 Å². The first-order valence-corrected chi connectivity index (χ1v) is 8.19. The maximum Gasteiger partial charge on any atom is 0.234 e. The molecule has 3 heterocycles. The molecule has 1 N–H and O–H groups in total. The van der Waals surface area contributed by atoms with Crippen LogP contribution in [0.3, 0.4) is 0 Å². The van der Waals surface area contributed by atoms with Crippen molar-refractivity contribution >= 4 is 16.3 Å². The number of nitrogens with one attached hydrogen (secondary N) is 1. The number of hydrogen-bond acceptors (Lipinski definition) is 5. The molecule has 0 spiro atoms. The van der Waals surface area contributed by atoms with E-state index < -0.39 is 0 Å². The summed E-state index contributed by atoms with van der Waals surface area (Å²) in [6, 6.07) is 0.428. The van der Waals surface area contributed by atoms with Crippen molar-refractivity contribution in [3.8, 4) is 0 Å². The van der Waals surface area contributed by atoms with Gasteiger partial charge in [0.05, 0.1) is 6.04 Å². The number of aromatic nitrogens is 4. The number of fused-ring (bicyclic) bond motifs is 1. The molecule has 4 rings (SSSR count). The highest BCUT2D eigenvalue weighted by atomic mass is 32.1. The van der Waals surface area contributed by atoms with Gasteiger partial charge in [0.1, 0.15) is 5.01 Å². The van der Waals surface area contributed by atoms with E-state index in [4.69, 9.17) is 5.10 Å². The van der Waals surface area contributed by atoms with Crippen LogP contribution in [-0.2, 0) is 0 Å². The van der Waals surface area contributed by atoms with E-state index in [1.165, 1.54) is 50.0 Å². The van der Waals surface area contributed by atoms with Gasteiger partial charge in [0.25, 0.3) is 0 Å². The van der Waals surface area contributed by atoms with Crippen LogP contribution in [0.25, 0.3) is 4.96 Å². The third-order valence-corrected chi connectivity index (χ3v) is 5.37. The van der Waals surface area contributed by atoms with E-state index in [0.717, 1.165) is 17.3 Å². The fraction of sp³-hybridized carbons (Fsp3) is 0.769. The Bertz CT molecular complexity index is 563. The van der Waals surface area contributed by atoms with Crippen LogP contribution in [0.1, 0.15) is 67.7 Å². The third-order valence-electron chi connectivity index (χ3n) is 4.36. The second-order valence-electron chi connectivity index (χ2n) is 5.68. The summed E-state index contributed by atoms with van der Waals surface area (Å²) in [5.74, 6) is 1.66. The molecule has 2 aromatic heterocycles. The second-order valence-corrected chi connectivity index (χ2v) is 6.66. The molecule has 2 fully saturated rings. The zero-order valence-corrected chi connectivity index (χ0v) is 11.8. The first-order valence-electron chi connectivity index (χ1n) is 7.37. The minimum absolute atomic E-state index is 0.428. The fourth-order valence-electron chi connectivity index (χ4n) is 3.29. The molecule has 19 heavy (non-hydrogen) atoms. The Balaban J connectivity index is 1.67. The van der Waals surface area contributed by atoms with Gasteiger partial charge in [0, 0.05) is 5.92 Å². The average Bonchev–Trinajstić information content (AvgIpc) is 3.15. The van der Waals surface area contributed by atoms with Crippen molar-refractivity contribution in [1.29, 1.82) is 0 Å². The van der Waals surface area contributed by atoms with Crippen LogP contribution in [0.15, 0.2) is 0 Å². The molecule has 1 aliphatic carbocycles. The van der Waals surface area contributed by atoms with E-state index in [9.17, 15) is 0 Å². The van der Waals surface area contributed by atoms with Crippen molar-refractivity contribution in [1.82, 2.24) is 25.1 Å². The molecule has 5 nitrogen and oxygen atoms in total. The maximum atomic E-state index is 4.79. The molecule has 1 aliphatic heterocycles. The molecule has 6 heteroatoms. The molecule has 1 saturated heterocycles. The van der Waals surface area contributed by atoms with Crippen molar-refractivity contribution in [3.05, 3.63) is 10.8 Å².